The van der Waals surface area contributed by atoms with Crippen molar-refractivity contribution in [1.82, 2.24) is 4.98 Å². The number of carbonyl (C=O) groups is 1. The summed E-state index contributed by atoms with van der Waals surface area (Å²) in [5.41, 5.74) is 4.08. The molecule has 0 N–H and O–H groups in total. The molecule has 2 heterocycles. The van der Waals surface area contributed by atoms with E-state index in [4.69, 9.17) is 19.7 Å². The molecule has 0 spiro atoms. The fraction of sp³-hybridized carbons (Fsp3) is 0.261. The van der Waals surface area contributed by atoms with Crippen LogP contribution in [0, 0.1) is 11.3 Å². The van der Waals surface area contributed by atoms with Crippen molar-refractivity contribution in [3.8, 4) is 23.1 Å². The van der Waals surface area contributed by atoms with Crippen molar-refractivity contribution >= 4 is 22.9 Å². The zero-order chi connectivity index (χ0) is 21.1. The van der Waals surface area contributed by atoms with E-state index in [2.05, 4.69) is 6.07 Å². The molecule has 0 bridgehead atoms. The van der Waals surface area contributed by atoms with Gasteiger partial charge in [-0.25, -0.2) is 4.98 Å². The Bertz CT molecular complexity index is 1100. The van der Waals surface area contributed by atoms with Gasteiger partial charge in [0.1, 0.15) is 5.75 Å². The van der Waals surface area contributed by atoms with Gasteiger partial charge in [0.15, 0.2) is 6.10 Å². The second kappa shape index (κ2) is 8.66. The summed E-state index contributed by atoms with van der Waals surface area (Å²) < 4.78 is 11.0. The Hall–Kier alpha value is -3.21. The average Bonchev–Trinajstić information content (AvgIpc) is 3.24. The molecule has 1 aromatic heterocycles. The maximum Gasteiger partial charge on any atom is 0.268 e. The van der Waals surface area contributed by atoms with Crippen LogP contribution in [-0.4, -0.2) is 30.7 Å². The number of amides is 1. The smallest absolute Gasteiger partial charge is 0.268 e. The normalized spacial score (nSPS) is 15.4. The summed E-state index contributed by atoms with van der Waals surface area (Å²) in [4.78, 5) is 19.3. The number of rotatable bonds is 6. The number of thiazole rings is 1. The second-order valence-corrected chi connectivity index (χ2v) is 7.99. The number of nitriles is 1. The molecule has 1 unspecified atom stereocenters. The summed E-state index contributed by atoms with van der Waals surface area (Å²) in [6.07, 6.45) is 0.220. The number of fused-ring (bicyclic) bond motifs is 1. The van der Waals surface area contributed by atoms with Crippen LogP contribution >= 0.6 is 11.3 Å². The number of hydrogen-bond donors (Lipinski definition) is 0. The number of hydrogen-bond acceptors (Lipinski definition) is 6. The summed E-state index contributed by atoms with van der Waals surface area (Å²) >= 11 is 1.60. The van der Waals surface area contributed by atoms with Crippen molar-refractivity contribution in [3.05, 3.63) is 64.0 Å². The lowest BCUT2D eigenvalue weighted by atomic mass is 10.1. The Labute approximate surface area is 179 Å². The lowest BCUT2D eigenvalue weighted by molar-refractivity contribution is -0.125. The third-order valence-corrected chi connectivity index (χ3v) is 5.87. The maximum atomic E-state index is 12.9. The molecular formula is C23H21N3O3S. The monoisotopic (exact) mass is 419 g/mol. The average molecular weight is 420 g/mol. The molecule has 0 saturated heterocycles. The number of anilines is 1. The van der Waals surface area contributed by atoms with Crippen LogP contribution < -0.4 is 9.64 Å². The first-order valence-electron chi connectivity index (χ1n) is 9.64. The highest BCUT2D eigenvalue weighted by atomic mass is 32.1. The highest BCUT2D eigenvalue weighted by molar-refractivity contribution is 7.09. The van der Waals surface area contributed by atoms with Crippen LogP contribution in [0.4, 0.5) is 5.69 Å². The fourth-order valence-corrected chi connectivity index (χ4v) is 4.13. The predicted molar refractivity (Wildman–Crippen MR) is 116 cm³/mol. The highest BCUT2D eigenvalue weighted by Gasteiger charge is 2.32. The molecule has 152 valence electrons. The van der Waals surface area contributed by atoms with Crippen LogP contribution in [0.15, 0.2) is 47.8 Å². The van der Waals surface area contributed by atoms with E-state index in [-0.39, 0.29) is 5.91 Å². The number of carbonyl (C=O) groups excluding carboxylic acids is 1. The Kier molecular flexibility index (Phi) is 5.79. The molecule has 1 aliphatic heterocycles. The molecule has 1 amide bonds. The summed E-state index contributed by atoms with van der Waals surface area (Å²) in [6, 6.07) is 15.2. The summed E-state index contributed by atoms with van der Waals surface area (Å²) in [6.45, 7) is 2.80. The zero-order valence-electron chi connectivity index (χ0n) is 16.8. The van der Waals surface area contributed by atoms with Crippen LogP contribution in [0.5, 0.6) is 5.75 Å². The lowest BCUT2D eigenvalue weighted by Crippen LogP contribution is -2.44. The van der Waals surface area contributed by atoms with Crippen molar-refractivity contribution in [3.63, 3.8) is 0 Å². The van der Waals surface area contributed by atoms with E-state index in [0.717, 1.165) is 33.9 Å². The van der Waals surface area contributed by atoms with Gasteiger partial charge in [0.2, 0.25) is 0 Å². The van der Waals surface area contributed by atoms with Gasteiger partial charge >= 0.3 is 0 Å². The van der Waals surface area contributed by atoms with Gasteiger partial charge in [-0.1, -0.05) is 12.1 Å². The zero-order valence-corrected chi connectivity index (χ0v) is 17.6. The summed E-state index contributed by atoms with van der Waals surface area (Å²) in [7, 11) is 1.68. The minimum atomic E-state index is -0.554. The summed E-state index contributed by atoms with van der Waals surface area (Å²) in [5, 5.41) is 12.0. The van der Waals surface area contributed by atoms with Gasteiger partial charge in [0.05, 0.1) is 41.2 Å². The van der Waals surface area contributed by atoms with Gasteiger partial charge in [-0.15, -0.1) is 11.3 Å². The molecule has 0 fully saturated rings. The van der Waals surface area contributed by atoms with Gasteiger partial charge in [-0.05, 0) is 42.8 Å². The van der Waals surface area contributed by atoms with Gasteiger partial charge in [0, 0.05) is 24.5 Å². The predicted octanol–water partition coefficient (Wildman–Crippen LogP) is 4.18. The van der Waals surface area contributed by atoms with Gasteiger partial charge < -0.3 is 14.4 Å². The highest BCUT2D eigenvalue weighted by Crippen LogP contribution is 2.38. The molecule has 1 atom stereocenters. The standard InChI is InChI=1S/C23H21N3O3S/c1-15-23(27)26(13-17-5-3-16(12-24)4-6-17)20-11-18(7-8-21(20)29-15)19-14-30-22(25-19)9-10-28-2/h3-8,11,14-15H,9-10,13H2,1-2H3. The van der Waals surface area contributed by atoms with E-state index in [9.17, 15) is 4.79 Å². The number of ether oxygens (including phenoxy) is 2. The molecule has 2 aromatic carbocycles. The Morgan fingerprint density at radius 1 is 1.27 bits per heavy atom. The van der Waals surface area contributed by atoms with E-state index >= 15 is 0 Å². The number of benzene rings is 2. The molecule has 7 heteroatoms. The fourth-order valence-electron chi connectivity index (χ4n) is 3.34. The van der Waals surface area contributed by atoms with Crippen LogP contribution in [-0.2, 0) is 22.5 Å². The Balaban J connectivity index is 1.66. The Morgan fingerprint density at radius 2 is 2.07 bits per heavy atom. The van der Waals surface area contributed by atoms with Crippen LogP contribution in [0.2, 0.25) is 0 Å². The van der Waals surface area contributed by atoms with E-state index < -0.39 is 6.10 Å². The molecular weight excluding hydrogens is 398 g/mol. The van der Waals surface area contributed by atoms with Crippen LogP contribution in [0.25, 0.3) is 11.3 Å². The van der Waals surface area contributed by atoms with Crippen LogP contribution in [0.3, 0.4) is 0 Å². The topological polar surface area (TPSA) is 75.5 Å². The quantitative estimate of drug-likeness (QED) is 0.599. The van der Waals surface area contributed by atoms with Gasteiger partial charge in [-0.2, -0.15) is 5.26 Å². The largest absolute Gasteiger partial charge is 0.479 e. The van der Waals surface area contributed by atoms with E-state index in [1.54, 1.807) is 42.4 Å². The molecule has 0 aliphatic carbocycles. The number of aromatic nitrogens is 1. The number of methoxy groups -OCH3 is 1. The molecule has 1 aliphatic rings. The minimum Gasteiger partial charge on any atom is -0.479 e. The third kappa shape index (κ3) is 4.06. The SMILES string of the molecule is COCCc1nc(-c2ccc3c(c2)N(Cc2ccc(C#N)cc2)C(=O)C(C)O3)cs1. The van der Waals surface area contributed by atoms with E-state index in [1.807, 2.05) is 35.7 Å². The first-order valence-corrected chi connectivity index (χ1v) is 10.5. The van der Waals surface area contributed by atoms with Gasteiger partial charge in [0.25, 0.3) is 5.91 Å². The van der Waals surface area contributed by atoms with E-state index in [0.29, 0.717) is 24.5 Å². The maximum absolute atomic E-state index is 12.9. The Morgan fingerprint density at radius 3 is 2.80 bits per heavy atom. The first-order chi connectivity index (χ1) is 14.6. The van der Waals surface area contributed by atoms with Crippen molar-refractivity contribution in [2.45, 2.75) is 26.0 Å². The third-order valence-electron chi connectivity index (χ3n) is 4.96. The molecule has 0 radical (unpaired) electrons. The summed E-state index contributed by atoms with van der Waals surface area (Å²) in [5.74, 6) is 0.581. The minimum absolute atomic E-state index is 0.0944. The number of nitrogens with zero attached hydrogens (tertiary/aromatic N) is 3. The van der Waals surface area contributed by atoms with Crippen molar-refractivity contribution in [2.75, 3.05) is 18.6 Å². The van der Waals surface area contributed by atoms with Crippen LogP contribution in [0.1, 0.15) is 23.1 Å². The molecule has 6 nitrogen and oxygen atoms in total. The second-order valence-electron chi connectivity index (χ2n) is 7.04. The van der Waals surface area contributed by atoms with Crippen molar-refractivity contribution in [1.29, 1.82) is 5.26 Å². The van der Waals surface area contributed by atoms with Crippen molar-refractivity contribution in [2.24, 2.45) is 0 Å². The van der Waals surface area contributed by atoms with Gasteiger partial charge in [-0.3, -0.25) is 4.79 Å². The van der Waals surface area contributed by atoms with E-state index in [1.165, 1.54) is 0 Å². The van der Waals surface area contributed by atoms with Crippen molar-refractivity contribution < 1.29 is 14.3 Å². The first kappa shape index (κ1) is 20.1. The molecule has 30 heavy (non-hydrogen) atoms. The molecule has 3 aromatic rings. The lowest BCUT2D eigenvalue weighted by Gasteiger charge is -2.33. The molecule has 0 saturated carbocycles. The molecule has 4 rings (SSSR count).